The first kappa shape index (κ1) is 16.6. The number of benzene rings is 1. The van der Waals surface area contributed by atoms with Crippen molar-refractivity contribution in [2.75, 3.05) is 6.61 Å². The molecule has 0 saturated heterocycles. The van der Waals surface area contributed by atoms with Crippen LogP contribution in [0.5, 0.6) is 0 Å². The number of aliphatic hydroxyl groups excluding tert-OH is 2. The summed E-state index contributed by atoms with van der Waals surface area (Å²) in [5.74, 6) is 0. The van der Waals surface area contributed by atoms with Crippen molar-refractivity contribution in [3.63, 3.8) is 0 Å². The zero-order chi connectivity index (χ0) is 16.1. The molecule has 118 valence electrons. The molecule has 0 amide bonds. The second kappa shape index (κ2) is 7.46. The van der Waals surface area contributed by atoms with Gasteiger partial charge in [-0.05, 0) is 41.6 Å². The number of thiophene rings is 1. The number of non-ortho nitro benzene ring substituents is 1. The molecule has 2 atom stereocenters. The smallest absolute Gasteiger partial charge is 0.269 e. The number of nitrogens with one attached hydrogen (secondary N) is 1. The van der Waals surface area contributed by atoms with Crippen LogP contribution in [0.1, 0.15) is 22.1 Å². The predicted octanol–water partition coefficient (Wildman–Crippen LogP) is 2.15. The Bertz CT molecular complexity index is 627. The predicted molar refractivity (Wildman–Crippen MR) is 84.8 cm³/mol. The summed E-state index contributed by atoms with van der Waals surface area (Å²) in [6, 6.07) is 7.17. The summed E-state index contributed by atoms with van der Waals surface area (Å²) >= 11 is 1.61. The zero-order valence-electron chi connectivity index (χ0n) is 12.1. The lowest BCUT2D eigenvalue weighted by Crippen LogP contribution is -2.37. The molecule has 1 aromatic heterocycles. The van der Waals surface area contributed by atoms with Gasteiger partial charge in [0.1, 0.15) is 0 Å². The molecule has 2 rings (SSSR count). The quantitative estimate of drug-likeness (QED) is 0.536. The SMILES string of the molecule is Cc1ccsc1CN[C@@H](CO)[C@@H](O)c1ccc([N+](=O)[O-])cc1. The van der Waals surface area contributed by atoms with Crippen molar-refractivity contribution in [2.24, 2.45) is 0 Å². The molecule has 3 N–H and O–H groups in total. The Morgan fingerprint density at radius 3 is 2.50 bits per heavy atom. The van der Waals surface area contributed by atoms with Crippen molar-refractivity contribution in [3.05, 3.63) is 61.8 Å². The molecule has 0 unspecified atom stereocenters. The van der Waals surface area contributed by atoms with Gasteiger partial charge in [0, 0.05) is 23.6 Å². The number of nitrogens with zero attached hydrogens (tertiary/aromatic N) is 1. The van der Waals surface area contributed by atoms with E-state index >= 15 is 0 Å². The summed E-state index contributed by atoms with van der Waals surface area (Å²) in [5, 5.41) is 35.5. The summed E-state index contributed by atoms with van der Waals surface area (Å²) in [7, 11) is 0. The first-order chi connectivity index (χ1) is 10.5. The molecule has 6 nitrogen and oxygen atoms in total. The number of hydrogen-bond acceptors (Lipinski definition) is 6. The van der Waals surface area contributed by atoms with Crippen LogP contribution in [0.3, 0.4) is 0 Å². The molecular formula is C15H18N2O4S. The molecule has 0 bridgehead atoms. The maximum Gasteiger partial charge on any atom is 0.269 e. The van der Waals surface area contributed by atoms with Gasteiger partial charge in [-0.3, -0.25) is 10.1 Å². The van der Waals surface area contributed by atoms with Crippen molar-refractivity contribution in [1.29, 1.82) is 0 Å². The van der Waals surface area contributed by atoms with Crippen LogP contribution in [0.25, 0.3) is 0 Å². The van der Waals surface area contributed by atoms with Gasteiger partial charge < -0.3 is 15.5 Å². The lowest BCUT2D eigenvalue weighted by Gasteiger charge is -2.22. The zero-order valence-corrected chi connectivity index (χ0v) is 12.9. The van der Waals surface area contributed by atoms with Gasteiger partial charge in [0.15, 0.2) is 0 Å². The maximum absolute atomic E-state index is 10.6. The second-order valence-corrected chi connectivity index (χ2v) is 5.99. The van der Waals surface area contributed by atoms with Gasteiger partial charge >= 0.3 is 0 Å². The van der Waals surface area contributed by atoms with Crippen LogP contribution in [0, 0.1) is 17.0 Å². The highest BCUT2D eigenvalue weighted by molar-refractivity contribution is 7.10. The normalized spacial score (nSPS) is 13.8. The molecule has 0 aliphatic heterocycles. The summed E-state index contributed by atoms with van der Waals surface area (Å²) in [5.41, 5.74) is 1.66. The number of aryl methyl sites for hydroxylation is 1. The van der Waals surface area contributed by atoms with E-state index in [1.54, 1.807) is 11.3 Å². The van der Waals surface area contributed by atoms with Gasteiger partial charge in [-0.15, -0.1) is 11.3 Å². The van der Waals surface area contributed by atoms with Crippen molar-refractivity contribution in [2.45, 2.75) is 25.6 Å². The summed E-state index contributed by atoms with van der Waals surface area (Å²) in [6.07, 6.45) is -0.939. The minimum atomic E-state index is -0.939. The number of rotatable bonds is 7. The van der Waals surface area contributed by atoms with Gasteiger partial charge in [0.25, 0.3) is 5.69 Å². The molecular weight excluding hydrogens is 304 g/mol. The van der Waals surface area contributed by atoms with Gasteiger partial charge in [-0.2, -0.15) is 0 Å². The highest BCUT2D eigenvalue weighted by atomic mass is 32.1. The van der Waals surface area contributed by atoms with Gasteiger partial charge in [0.2, 0.25) is 0 Å². The second-order valence-electron chi connectivity index (χ2n) is 4.99. The lowest BCUT2D eigenvalue weighted by atomic mass is 10.0. The molecule has 1 heterocycles. The van der Waals surface area contributed by atoms with Gasteiger partial charge in [0.05, 0.1) is 23.7 Å². The Morgan fingerprint density at radius 2 is 2.00 bits per heavy atom. The van der Waals surface area contributed by atoms with E-state index in [2.05, 4.69) is 5.32 Å². The molecule has 2 aromatic rings. The molecule has 0 aliphatic rings. The van der Waals surface area contributed by atoms with Crippen molar-refractivity contribution < 1.29 is 15.1 Å². The maximum atomic E-state index is 10.6. The molecule has 22 heavy (non-hydrogen) atoms. The van der Waals surface area contributed by atoms with Crippen LogP contribution in [-0.2, 0) is 6.54 Å². The molecule has 0 radical (unpaired) electrons. The molecule has 7 heteroatoms. The highest BCUT2D eigenvalue weighted by Crippen LogP contribution is 2.21. The van der Waals surface area contributed by atoms with Crippen molar-refractivity contribution >= 4 is 17.0 Å². The average molecular weight is 322 g/mol. The number of nitro benzene ring substituents is 1. The van der Waals surface area contributed by atoms with E-state index in [1.807, 2.05) is 18.4 Å². The lowest BCUT2D eigenvalue weighted by molar-refractivity contribution is -0.384. The first-order valence-corrected chi connectivity index (χ1v) is 7.70. The molecule has 1 aromatic carbocycles. The van der Waals surface area contributed by atoms with Crippen LogP contribution < -0.4 is 5.32 Å². The third-order valence-corrected chi connectivity index (χ3v) is 4.54. The number of aliphatic hydroxyl groups is 2. The highest BCUT2D eigenvalue weighted by Gasteiger charge is 2.21. The van der Waals surface area contributed by atoms with Crippen molar-refractivity contribution in [1.82, 2.24) is 5.32 Å². The van der Waals surface area contributed by atoms with E-state index < -0.39 is 17.1 Å². The molecule has 0 saturated carbocycles. The number of hydrogen-bond donors (Lipinski definition) is 3. The largest absolute Gasteiger partial charge is 0.395 e. The summed E-state index contributed by atoms with van der Waals surface area (Å²) < 4.78 is 0. The Balaban J connectivity index is 2.03. The average Bonchev–Trinajstić information content (AvgIpc) is 2.93. The van der Waals surface area contributed by atoms with Crippen LogP contribution >= 0.6 is 11.3 Å². The van der Waals surface area contributed by atoms with E-state index in [-0.39, 0.29) is 12.3 Å². The van der Waals surface area contributed by atoms with Crippen LogP contribution in [0.15, 0.2) is 35.7 Å². The van der Waals surface area contributed by atoms with E-state index in [0.29, 0.717) is 12.1 Å². The Morgan fingerprint density at radius 1 is 1.32 bits per heavy atom. The minimum absolute atomic E-state index is 0.0290. The molecule has 0 spiro atoms. The third kappa shape index (κ3) is 3.89. The fraction of sp³-hybridized carbons (Fsp3) is 0.333. The Kier molecular flexibility index (Phi) is 5.62. The van der Waals surface area contributed by atoms with E-state index in [9.17, 15) is 20.3 Å². The topological polar surface area (TPSA) is 95.6 Å². The van der Waals surface area contributed by atoms with Crippen molar-refractivity contribution in [3.8, 4) is 0 Å². The van der Waals surface area contributed by atoms with Crippen LogP contribution in [0.2, 0.25) is 0 Å². The summed E-state index contributed by atoms with van der Waals surface area (Å²) in [4.78, 5) is 11.3. The molecule has 0 aliphatic carbocycles. The van der Waals surface area contributed by atoms with Crippen LogP contribution in [-0.4, -0.2) is 27.8 Å². The van der Waals surface area contributed by atoms with E-state index in [0.717, 1.165) is 4.88 Å². The summed E-state index contributed by atoms with van der Waals surface area (Å²) in [6.45, 7) is 2.33. The molecule has 0 fully saturated rings. The standard InChI is InChI=1S/C15H18N2O4S/c1-10-6-7-22-14(10)8-16-13(9-18)15(19)11-2-4-12(5-3-11)17(20)21/h2-7,13,15-16,18-19H,8-9H2,1H3/t13-,15-/m0/s1. The number of nitro groups is 1. The van der Waals surface area contributed by atoms with Gasteiger partial charge in [-0.25, -0.2) is 0 Å². The fourth-order valence-corrected chi connectivity index (χ4v) is 2.97. The van der Waals surface area contributed by atoms with E-state index in [1.165, 1.54) is 29.8 Å². The first-order valence-electron chi connectivity index (χ1n) is 6.82. The van der Waals surface area contributed by atoms with Gasteiger partial charge in [-0.1, -0.05) is 0 Å². The Labute approximate surface area is 132 Å². The van der Waals surface area contributed by atoms with Crippen LogP contribution in [0.4, 0.5) is 5.69 Å². The minimum Gasteiger partial charge on any atom is -0.395 e. The fourth-order valence-electron chi connectivity index (χ4n) is 2.11. The monoisotopic (exact) mass is 322 g/mol. The Hall–Kier alpha value is -1.80. The van der Waals surface area contributed by atoms with E-state index in [4.69, 9.17) is 0 Å². The third-order valence-electron chi connectivity index (χ3n) is 3.52.